The number of anilines is 1. The molecule has 0 saturated carbocycles. The molecule has 16 heavy (non-hydrogen) atoms. The maximum Gasteiger partial charge on any atom is 0.241 e. The number of carbonyl (C=O) groups excluding carboxylic acids is 1. The average molecular weight is 285 g/mol. The Morgan fingerprint density at radius 3 is 2.81 bits per heavy atom. The van der Waals surface area contributed by atoms with Crippen LogP contribution in [0.1, 0.15) is 20.3 Å². The van der Waals surface area contributed by atoms with Gasteiger partial charge in [-0.15, -0.1) is 0 Å². The van der Waals surface area contributed by atoms with Crippen LogP contribution in [-0.2, 0) is 4.79 Å². The maximum atomic E-state index is 11.8. The lowest BCUT2D eigenvalue weighted by Crippen LogP contribution is -2.40. The van der Waals surface area contributed by atoms with Crippen molar-refractivity contribution in [2.24, 2.45) is 11.7 Å². The van der Waals surface area contributed by atoms with Crippen LogP contribution in [0.5, 0.6) is 0 Å². The molecule has 0 aliphatic heterocycles. The predicted octanol–water partition coefficient (Wildman–Crippen LogP) is 2.76. The number of nitrogens with one attached hydrogen (secondary N) is 1. The zero-order valence-electron chi connectivity index (χ0n) is 9.53. The van der Waals surface area contributed by atoms with Crippen molar-refractivity contribution in [3.63, 3.8) is 0 Å². The van der Waals surface area contributed by atoms with Crippen molar-refractivity contribution in [3.05, 3.63) is 28.7 Å². The second-order valence-corrected chi connectivity index (χ2v) is 4.83. The SMILES string of the molecule is CCC(C)C(N)C(=O)Nc1cccc(Br)c1. The number of halogens is 1. The second-order valence-electron chi connectivity index (χ2n) is 3.91. The predicted molar refractivity (Wildman–Crippen MR) is 70.2 cm³/mol. The van der Waals surface area contributed by atoms with Gasteiger partial charge in [-0.2, -0.15) is 0 Å². The summed E-state index contributed by atoms with van der Waals surface area (Å²) >= 11 is 3.35. The van der Waals surface area contributed by atoms with Crippen molar-refractivity contribution in [3.8, 4) is 0 Å². The van der Waals surface area contributed by atoms with Crippen molar-refractivity contribution in [2.45, 2.75) is 26.3 Å². The van der Waals surface area contributed by atoms with Gasteiger partial charge in [-0.1, -0.05) is 42.3 Å². The van der Waals surface area contributed by atoms with E-state index in [1.165, 1.54) is 0 Å². The van der Waals surface area contributed by atoms with E-state index in [0.717, 1.165) is 16.6 Å². The smallest absolute Gasteiger partial charge is 0.241 e. The third-order valence-corrected chi connectivity index (χ3v) is 3.15. The van der Waals surface area contributed by atoms with Gasteiger partial charge in [-0.05, 0) is 24.1 Å². The highest BCUT2D eigenvalue weighted by atomic mass is 79.9. The Hall–Kier alpha value is -0.870. The fourth-order valence-electron chi connectivity index (χ4n) is 1.30. The molecule has 0 bridgehead atoms. The van der Waals surface area contributed by atoms with Crippen molar-refractivity contribution < 1.29 is 4.79 Å². The van der Waals surface area contributed by atoms with E-state index in [2.05, 4.69) is 21.2 Å². The van der Waals surface area contributed by atoms with E-state index < -0.39 is 6.04 Å². The Bertz CT molecular complexity index is 368. The zero-order chi connectivity index (χ0) is 12.1. The Balaban J connectivity index is 2.64. The summed E-state index contributed by atoms with van der Waals surface area (Å²) in [4.78, 5) is 11.8. The first-order valence-corrected chi connectivity index (χ1v) is 6.16. The molecular formula is C12H17BrN2O. The molecule has 2 atom stereocenters. The highest BCUT2D eigenvalue weighted by molar-refractivity contribution is 9.10. The van der Waals surface area contributed by atoms with Gasteiger partial charge in [-0.3, -0.25) is 4.79 Å². The number of benzene rings is 1. The van der Waals surface area contributed by atoms with Crippen LogP contribution in [0.15, 0.2) is 28.7 Å². The molecule has 3 nitrogen and oxygen atoms in total. The molecule has 0 heterocycles. The fourth-order valence-corrected chi connectivity index (χ4v) is 1.70. The highest BCUT2D eigenvalue weighted by Gasteiger charge is 2.19. The summed E-state index contributed by atoms with van der Waals surface area (Å²) in [6.45, 7) is 4.00. The molecule has 1 aromatic carbocycles. The van der Waals surface area contributed by atoms with Gasteiger partial charge in [0, 0.05) is 10.2 Å². The van der Waals surface area contributed by atoms with Gasteiger partial charge >= 0.3 is 0 Å². The van der Waals surface area contributed by atoms with Gasteiger partial charge in [-0.25, -0.2) is 0 Å². The van der Waals surface area contributed by atoms with E-state index in [-0.39, 0.29) is 11.8 Å². The van der Waals surface area contributed by atoms with Crippen molar-refractivity contribution in [1.29, 1.82) is 0 Å². The first kappa shape index (κ1) is 13.2. The molecule has 0 fully saturated rings. The number of carbonyl (C=O) groups is 1. The number of amides is 1. The summed E-state index contributed by atoms with van der Waals surface area (Å²) in [7, 11) is 0. The summed E-state index contributed by atoms with van der Waals surface area (Å²) in [6, 6.07) is 7.01. The summed E-state index contributed by atoms with van der Waals surface area (Å²) in [6.07, 6.45) is 0.896. The van der Waals surface area contributed by atoms with Gasteiger partial charge in [0.15, 0.2) is 0 Å². The van der Waals surface area contributed by atoms with Gasteiger partial charge in [0.25, 0.3) is 0 Å². The number of hydrogen-bond acceptors (Lipinski definition) is 2. The van der Waals surface area contributed by atoms with E-state index in [4.69, 9.17) is 5.73 Å². The molecule has 0 saturated heterocycles. The van der Waals surface area contributed by atoms with E-state index in [9.17, 15) is 4.79 Å². The zero-order valence-corrected chi connectivity index (χ0v) is 11.1. The molecule has 1 aromatic rings. The van der Waals surface area contributed by atoms with Gasteiger partial charge in [0.1, 0.15) is 0 Å². The van der Waals surface area contributed by atoms with Crippen LogP contribution in [0, 0.1) is 5.92 Å². The minimum Gasteiger partial charge on any atom is -0.325 e. The van der Waals surface area contributed by atoms with E-state index in [1.54, 1.807) is 0 Å². The average Bonchev–Trinajstić information content (AvgIpc) is 2.27. The largest absolute Gasteiger partial charge is 0.325 e. The molecule has 88 valence electrons. The van der Waals surface area contributed by atoms with Crippen LogP contribution < -0.4 is 11.1 Å². The number of rotatable bonds is 4. The first-order chi connectivity index (χ1) is 7.54. The molecule has 2 unspecified atom stereocenters. The third kappa shape index (κ3) is 3.61. The van der Waals surface area contributed by atoms with E-state index in [1.807, 2.05) is 38.1 Å². The molecule has 0 aliphatic rings. The van der Waals surface area contributed by atoms with Crippen LogP contribution in [0.25, 0.3) is 0 Å². The Labute approximate surface area is 105 Å². The Morgan fingerprint density at radius 1 is 1.56 bits per heavy atom. The quantitative estimate of drug-likeness (QED) is 0.893. The lowest BCUT2D eigenvalue weighted by Gasteiger charge is -2.17. The lowest BCUT2D eigenvalue weighted by atomic mass is 9.99. The summed E-state index contributed by atoms with van der Waals surface area (Å²) < 4.78 is 0.933. The van der Waals surface area contributed by atoms with Crippen LogP contribution in [0.3, 0.4) is 0 Å². The Morgan fingerprint density at radius 2 is 2.25 bits per heavy atom. The van der Waals surface area contributed by atoms with Crippen molar-refractivity contribution in [2.75, 3.05) is 5.32 Å². The number of hydrogen-bond donors (Lipinski definition) is 2. The molecular weight excluding hydrogens is 268 g/mol. The second kappa shape index (κ2) is 6.01. The molecule has 0 spiro atoms. The lowest BCUT2D eigenvalue weighted by molar-refractivity contribution is -0.118. The molecule has 0 aliphatic carbocycles. The standard InChI is InChI=1S/C12H17BrN2O/c1-3-8(2)11(14)12(16)15-10-6-4-5-9(13)7-10/h4-8,11H,3,14H2,1-2H3,(H,15,16). The minimum atomic E-state index is -0.455. The summed E-state index contributed by atoms with van der Waals surface area (Å²) in [5.74, 6) is 0.0552. The molecule has 0 radical (unpaired) electrons. The van der Waals surface area contributed by atoms with Crippen molar-refractivity contribution >= 4 is 27.5 Å². The van der Waals surface area contributed by atoms with Crippen molar-refractivity contribution in [1.82, 2.24) is 0 Å². The first-order valence-electron chi connectivity index (χ1n) is 5.36. The summed E-state index contributed by atoms with van der Waals surface area (Å²) in [5, 5.41) is 2.80. The summed E-state index contributed by atoms with van der Waals surface area (Å²) in [5.41, 5.74) is 6.60. The Kier molecular flexibility index (Phi) is 4.96. The maximum absolute atomic E-state index is 11.8. The molecule has 3 N–H and O–H groups in total. The highest BCUT2D eigenvalue weighted by Crippen LogP contribution is 2.16. The van der Waals surface area contributed by atoms with Crippen LogP contribution in [0.2, 0.25) is 0 Å². The number of nitrogens with two attached hydrogens (primary N) is 1. The van der Waals surface area contributed by atoms with Crippen LogP contribution >= 0.6 is 15.9 Å². The molecule has 4 heteroatoms. The molecule has 1 amide bonds. The minimum absolute atomic E-state index is 0.132. The third-order valence-electron chi connectivity index (χ3n) is 2.65. The van der Waals surface area contributed by atoms with Crippen LogP contribution in [0.4, 0.5) is 5.69 Å². The van der Waals surface area contributed by atoms with Gasteiger partial charge in [0.05, 0.1) is 6.04 Å². The molecule has 1 rings (SSSR count). The van der Waals surface area contributed by atoms with Crippen LogP contribution in [-0.4, -0.2) is 11.9 Å². The van der Waals surface area contributed by atoms with Gasteiger partial charge in [0.2, 0.25) is 5.91 Å². The monoisotopic (exact) mass is 284 g/mol. The van der Waals surface area contributed by atoms with Gasteiger partial charge < -0.3 is 11.1 Å². The van der Waals surface area contributed by atoms with E-state index in [0.29, 0.717) is 0 Å². The topological polar surface area (TPSA) is 55.1 Å². The fraction of sp³-hybridized carbons (Fsp3) is 0.417. The molecule has 0 aromatic heterocycles. The normalized spacial score (nSPS) is 14.2. The van der Waals surface area contributed by atoms with E-state index >= 15 is 0 Å².